The van der Waals surface area contributed by atoms with Crippen molar-refractivity contribution in [3.05, 3.63) is 0 Å². The fraction of sp³-hybridized carbons (Fsp3) is 0.737. The van der Waals surface area contributed by atoms with E-state index in [4.69, 9.17) is 18.9 Å². The van der Waals surface area contributed by atoms with Gasteiger partial charge in [-0.05, 0) is 47.5 Å². The van der Waals surface area contributed by atoms with Crippen LogP contribution in [0.15, 0.2) is 0 Å². The molecule has 0 fully saturated rings. The van der Waals surface area contributed by atoms with Crippen LogP contribution >= 0.6 is 0 Å². The van der Waals surface area contributed by atoms with E-state index in [9.17, 15) is 24.0 Å². The maximum atomic E-state index is 12.2. The molecule has 0 rings (SSSR count). The van der Waals surface area contributed by atoms with Gasteiger partial charge in [-0.3, -0.25) is 24.0 Å². The Bertz CT molecular complexity index is 478. The maximum absolute atomic E-state index is 12.2. The predicted molar refractivity (Wildman–Crippen MR) is 96.9 cm³/mol. The molecule has 0 aromatic heterocycles. The van der Waals surface area contributed by atoms with Crippen molar-refractivity contribution in [1.82, 2.24) is 0 Å². The van der Waals surface area contributed by atoms with Crippen LogP contribution in [-0.4, -0.2) is 56.1 Å². The Kier molecular flexibility index (Phi) is 12.5. The first-order valence-corrected chi connectivity index (χ1v) is 9.40. The van der Waals surface area contributed by atoms with E-state index in [-0.39, 0.29) is 39.3 Å². The molecule has 0 bridgehead atoms. The summed E-state index contributed by atoms with van der Waals surface area (Å²) < 4.78 is 19.6. The molecule has 0 saturated heterocycles. The van der Waals surface area contributed by atoms with Crippen LogP contribution in [0.25, 0.3) is 0 Å². The van der Waals surface area contributed by atoms with Crippen LogP contribution in [-0.2, 0) is 42.9 Å². The second-order valence-electron chi connectivity index (χ2n) is 5.89. The molecular formula is C19H30O9. The molecule has 0 aromatic rings. The predicted octanol–water partition coefficient (Wildman–Crippen LogP) is 1.46. The van der Waals surface area contributed by atoms with Gasteiger partial charge >= 0.3 is 23.9 Å². The molecule has 0 saturated carbocycles. The third-order valence-corrected chi connectivity index (χ3v) is 3.90. The van der Waals surface area contributed by atoms with Gasteiger partial charge in [0.05, 0.1) is 26.4 Å². The van der Waals surface area contributed by atoms with Crippen LogP contribution in [0.2, 0.25) is 0 Å². The van der Waals surface area contributed by atoms with Crippen LogP contribution in [0.4, 0.5) is 0 Å². The number of ketones is 1. The van der Waals surface area contributed by atoms with Gasteiger partial charge in [-0.1, -0.05) is 0 Å². The van der Waals surface area contributed by atoms with Gasteiger partial charge in [0.1, 0.15) is 5.78 Å². The third-order valence-electron chi connectivity index (χ3n) is 3.90. The van der Waals surface area contributed by atoms with Gasteiger partial charge in [0.2, 0.25) is 0 Å². The average molecular weight is 402 g/mol. The van der Waals surface area contributed by atoms with Crippen molar-refractivity contribution in [2.45, 2.75) is 47.5 Å². The van der Waals surface area contributed by atoms with Crippen LogP contribution < -0.4 is 0 Å². The number of hydrogen-bond donors (Lipinski definition) is 0. The lowest BCUT2D eigenvalue weighted by Gasteiger charge is -2.22. The summed E-state index contributed by atoms with van der Waals surface area (Å²) in [5.74, 6) is -7.30. The molecule has 9 nitrogen and oxygen atoms in total. The number of esters is 4. The highest BCUT2D eigenvalue weighted by Crippen LogP contribution is 2.25. The molecule has 0 aliphatic rings. The minimum Gasteiger partial charge on any atom is -0.465 e. The van der Waals surface area contributed by atoms with Crippen molar-refractivity contribution in [3.8, 4) is 0 Å². The van der Waals surface area contributed by atoms with E-state index in [0.29, 0.717) is 0 Å². The molecule has 28 heavy (non-hydrogen) atoms. The van der Waals surface area contributed by atoms with Gasteiger partial charge in [-0.15, -0.1) is 0 Å². The second-order valence-corrected chi connectivity index (χ2v) is 5.89. The molecule has 160 valence electrons. The summed E-state index contributed by atoms with van der Waals surface area (Å²) in [5.41, 5.74) is 0. The van der Waals surface area contributed by atoms with Gasteiger partial charge in [0.15, 0.2) is 11.8 Å². The summed E-state index contributed by atoms with van der Waals surface area (Å²) >= 11 is 0. The highest BCUT2D eigenvalue weighted by molar-refractivity contribution is 5.97. The average Bonchev–Trinajstić information content (AvgIpc) is 2.62. The van der Waals surface area contributed by atoms with Gasteiger partial charge in [0.25, 0.3) is 0 Å². The lowest BCUT2D eigenvalue weighted by molar-refractivity contribution is -0.162. The largest absolute Gasteiger partial charge is 0.465 e. The van der Waals surface area contributed by atoms with Crippen LogP contribution in [0.3, 0.4) is 0 Å². The van der Waals surface area contributed by atoms with Gasteiger partial charge < -0.3 is 18.9 Å². The van der Waals surface area contributed by atoms with Crippen LogP contribution in [0.1, 0.15) is 47.5 Å². The molecule has 0 radical (unpaired) electrons. The monoisotopic (exact) mass is 402 g/mol. The molecule has 0 spiro atoms. The van der Waals surface area contributed by atoms with E-state index in [0.717, 1.165) is 0 Å². The van der Waals surface area contributed by atoms with Crippen molar-refractivity contribution >= 4 is 29.7 Å². The third kappa shape index (κ3) is 8.49. The molecule has 0 unspecified atom stereocenters. The number of Topliss-reactive ketones (excluding diaryl/α,β-unsaturated/α-hetero) is 1. The smallest absolute Gasteiger partial charge is 0.320 e. The van der Waals surface area contributed by atoms with E-state index in [1.54, 1.807) is 27.7 Å². The first-order chi connectivity index (χ1) is 13.2. The Morgan fingerprint density at radius 2 is 0.821 bits per heavy atom. The van der Waals surface area contributed by atoms with Gasteiger partial charge in [-0.25, -0.2) is 0 Å². The van der Waals surface area contributed by atoms with Crippen molar-refractivity contribution < 1.29 is 42.9 Å². The zero-order valence-corrected chi connectivity index (χ0v) is 17.1. The van der Waals surface area contributed by atoms with E-state index < -0.39 is 47.4 Å². The van der Waals surface area contributed by atoms with E-state index in [1.807, 2.05) is 0 Å². The van der Waals surface area contributed by atoms with Crippen LogP contribution in [0, 0.1) is 17.8 Å². The molecule has 0 amide bonds. The maximum Gasteiger partial charge on any atom is 0.320 e. The summed E-state index contributed by atoms with van der Waals surface area (Å²) in [7, 11) is 0. The zero-order valence-electron chi connectivity index (χ0n) is 17.1. The number of rotatable bonds is 13. The Labute approximate surface area is 165 Å². The Balaban J connectivity index is 5.58. The summed E-state index contributed by atoms with van der Waals surface area (Å²) in [6.45, 7) is 7.79. The normalized spacial score (nSPS) is 10.7. The lowest BCUT2D eigenvalue weighted by atomic mass is 9.84. The van der Waals surface area contributed by atoms with Crippen molar-refractivity contribution in [1.29, 1.82) is 0 Å². The van der Waals surface area contributed by atoms with Crippen molar-refractivity contribution in [2.24, 2.45) is 17.8 Å². The topological polar surface area (TPSA) is 122 Å². The van der Waals surface area contributed by atoms with E-state index >= 15 is 0 Å². The molecular weight excluding hydrogens is 372 g/mol. The SMILES string of the molecule is CCOC(=O)C(CC(CC(C(=O)OCC)C(=O)OCC)C(C)=O)C(=O)OCC. The first-order valence-electron chi connectivity index (χ1n) is 9.40. The Hall–Kier alpha value is -2.45. The van der Waals surface area contributed by atoms with Crippen molar-refractivity contribution in [2.75, 3.05) is 26.4 Å². The number of hydrogen-bond acceptors (Lipinski definition) is 9. The molecule has 0 aromatic carbocycles. The summed E-state index contributed by atoms with van der Waals surface area (Å²) in [4.78, 5) is 60.8. The molecule has 0 aliphatic heterocycles. The number of carbonyl (C=O) groups excluding carboxylic acids is 5. The fourth-order valence-electron chi connectivity index (χ4n) is 2.55. The fourth-order valence-corrected chi connectivity index (χ4v) is 2.55. The van der Waals surface area contributed by atoms with Gasteiger partial charge in [0, 0.05) is 5.92 Å². The Morgan fingerprint density at radius 1 is 0.571 bits per heavy atom. The second kappa shape index (κ2) is 13.7. The highest BCUT2D eigenvalue weighted by Gasteiger charge is 2.38. The quantitative estimate of drug-likeness (QED) is 0.256. The standard InChI is InChI=1S/C19H30O9/c1-6-25-16(21)14(17(22)26-7-2)10-13(12(5)20)11-15(18(23)27-8-3)19(24)28-9-4/h13-15H,6-11H2,1-5H3. The Morgan fingerprint density at radius 3 is 1.00 bits per heavy atom. The number of carbonyl (C=O) groups is 5. The van der Waals surface area contributed by atoms with Gasteiger partial charge in [-0.2, -0.15) is 0 Å². The lowest BCUT2D eigenvalue weighted by Crippen LogP contribution is -2.35. The highest BCUT2D eigenvalue weighted by atomic mass is 16.6. The number of ether oxygens (including phenoxy) is 4. The van der Waals surface area contributed by atoms with E-state index in [2.05, 4.69) is 0 Å². The van der Waals surface area contributed by atoms with E-state index in [1.165, 1.54) is 6.92 Å². The molecule has 0 atom stereocenters. The zero-order chi connectivity index (χ0) is 21.7. The summed E-state index contributed by atoms with van der Waals surface area (Å²) in [6, 6.07) is 0. The molecule has 0 aliphatic carbocycles. The summed E-state index contributed by atoms with van der Waals surface area (Å²) in [6.07, 6.45) is -0.495. The minimum atomic E-state index is -1.33. The first kappa shape index (κ1) is 25.6. The van der Waals surface area contributed by atoms with Crippen LogP contribution in [0.5, 0.6) is 0 Å². The molecule has 0 heterocycles. The minimum absolute atomic E-state index is 0.0494. The molecule has 9 heteroatoms. The molecule has 0 N–H and O–H groups in total. The summed E-state index contributed by atoms with van der Waals surface area (Å²) in [5, 5.41) is 0. The van der Waals surface area contributed by atoms with Crippen molar-refractivity contribution in [3.63, 3.8) is 0 Å².